The third-order valence-corrected chi connectivity index (χ3v) is 11.1. The Morgan fingerprint density at radius 1 is 0.893 bits per heavy atom. The molecule has 2 saturated heterocycles. The number of piperidine rings is 2. The van der Waals surface area contributed by atoms with Gasteiger partial charge in [-0.25, -0.2) is 0 Å². The standard InChI is InChI=1S/C40H43F6N3O7/c1-2-7-32-38(56-27-15-12-26(13-16-27)39(41,42)43,17-6-21-49(32)34(50)33-30(40(44,45)46)9-5-20-47-33)36(53)48-22-18-37(54,19-23-48)29-8-3-4-10-31(29)55-28-14-11-25(24-28)35(51)52/h3-5,8-10,12-13,15-16,20,25,28,32,54H,2,6-7,11,14,17-19,21-24H2,1H3,(H,51,52)/t25-,28-,32?,38-/m0/s1. The minimum atomic E-state index is -4.91. The van der Waals surface area contributed by atoms with Crippen molar-refractivity contribution in [1.29, 1.82) is 0 Å². The summed E-state index contributed by atoms with van der Waals surface area (Å²) < 4.78 is 95.3. The van der Waals surface area contributed by atoms with Gasteiger partial charge in [0.2, 0.25) is 5.60 Å². The highest BCUT2D eigenvalue weighted by Crippen LogP contribution is 2.44. The van der Waals surface area contributed by atoms with Crippen molar-refractivity contribution >= 4 is 17.8 Å². The van der Waals surface area contributed by atoms with Crippen molar-refractivity contribution in [2.45, 2.75) is 100 Å². The van der Waals surface area contributed by atoms with Crippen LogP contribution in [0.3, 0.4) is 0 Å². The van der Waals surface area contributed by atoms with Crippen LogP contribution in [-0.2, 0) is 27.5 Å². The Kier molecular flexibility index (Phi) is 11.6. The van der Waals surface area contributed by atoms with Gasteiger partial charge in [-0.3, -0.25) is 19.4 Å². The highest BCUT2D eigenvalue weighted by atomic mass is 19.4. The summed E-state index contributed by atoms with van der Waals surface area (Å²) in [6.07, 6.45) is -6.93. The summed E-state index contributed by atoms with van der Waals surface area (Å²) in [6.45, 7) is 1.70. The molecule has 2 aromatic carbocycles. The van der Waals surface area contributed by atoms with Crippen LogP contribution in [0.15, 0.2) is 66.9 Å². The maximum atomic E-state index is 15.0. The van der Waals surface area contributed by atoms with E-state index in [1.165, 1.54) is 9.80 Å². The molecular weight excluding hydrogens is 748 g/mol. The van der Waals surface area contributed by atoms with Gasteiger partial charge in [-0.2, -0.15) is 26.3 Å². The van der Waals surface area contributed by atoms with Gasteiger partial charge >= 0.3 is 18.3 Å². The van der Waals surface area contributed by atoms with E-state index in [0.717, 1.165) is 42.6 Å². The van der Waals surface area contributed by atoms with Crippen molar-refractivity contribution < 1.29 is 60.4 Å². The average Bonchev–Trinajstić information content (AvgIpc) is 3.64. The van der Waals surface area contributed by atoms with Crippen LogP contribution in [0.4, 0.5) is 26.3 Å². The van der Waals surface area contributed by atoms with Gasteiger partial charge in [-0.15, -0.1) is 0 Å². The van der Waals surface area contributed by atoms with E-state index in [1.54, 1.807) is 31.2 Å². The number of pyridine rings is 1. The third-order valence-electron chi connectivity index (χ3n) is 11.1. The molecule has 56 heavy (non-hydrogen) atoms. The van der Waals surface area contributed by atoms with Crippen LogP contribution < -0.4 is 9.47 Å². The summed E-state index contributed by atoms with van der Waals surface area (Å²) in [5, 5.41) is 21.5. The van der Waals surface area contributed by atoms with Crippen molar-refractivity contribution in [3.8, 4) is 11.5 Å². The molecule has 3 aromatic rings. The molecular formula is C40H43F6N3O7. The molecule has 3 fully saturated rings. The molecule has 1 aliphatic carbocycles. The Hall–Kier alpha value is -4.86. The van der Waals surface area contributed by atoms with Gasteiger partial charge in [0.05, 0.1) is 34.8 Å². The molecule has 1 unspecified atom stereocenters. The monoisotopic (exact) mass is 791 g/mol. The normalized spacial score (nSPS) is 24.1. The zero-order chi connectivity index (χ0) is 40.5. The number of benzene rings is 2. The lowest BCUT2D eigenvalue weighted by molar-refractivity contribution is -0.163. The topological polar surface area (TPSA) is 130 Å². The molecule has 302 valence electrons. The van der Waals surface area contributed by atoms with Crippen molar-refractivity contribution in [2.75, 3.05) is 19.6 Å². The number of carbonyl (C=O) groups excluding carboxylic acids is 2. The Labute approximate surface area is 319 Å². The number of aliphatic hydroxyl groups is 1. The number of para-hydroxylation sites is 1. The van der Waals surface area contributed by atoms with E-state index in [0.29, 0.717) is 37.0 Å². The van der Waals surface area contributed by atoms with Gasteiger partial charge in [-0.05, 0) is 87.4 Å². The van der Waals surface area contributed by atoms with Crippen molar-refractivity contribution in [3.05, 3.63) is 89.2 Å². The first kappa shape index (κ1) is 40.8. The van der Waals surface area contributed by atoms with Gasteiger partial charge in [0, 0.05) is 37.8 Å². The maximum absolute atomic E-state index is 15.0. The molecule has 0 bridgehead atoms. The van der Waals surface area contributed by atoms with E-state index in [4.69, 9.17) is 9.47 Å². The second-order valence-electron chi connectivity index (χ2n) is 14.7. The number of hydrogen-bond donors (Lipinski definition) is 2. The molecule has 1 aromatic heterocycles. The van der Waals surface area contributed by atoms with Crippen LogP contribution >= 0.6 is 0 Å². The molecule has 3 aliphatic rings. The fourth-order valence-electron chi connectivity index (χ4n) is 8.29. The number of nitrogens with zero attached hydrogens (tertiary/aromatic N) is 3. The molecule has 1 saturated carbocycles. The first-order valence-electron chi connectivity index (χ1n) is 18.7. The summed E-state index contributed by atoms with van der Waals surface area (Å²) >= 11 is 0. The van der Waals surface area contributed by atoms with Crippen LogP contribution in [0.2, 0.25) is 0 Å². The van der Waals surface area contributed by atoms with Gasteiger partial charge in [0.15, 0.2) is 0 Å². The number of rotatable bonds is 10. The molecule has 2 amide bonds. The van der Waals surface area contributed by atoms with Crippen LogP contribution in [0.1, 0.15) is 91.9 Å². The summed E-state index contributed by atoms with van der Waals surface area (Å²) in [6, 6.07) is 11.3. The van der Waals surface area contributed by atoms with Crippen LogP contribution in [0, 0.1) is 5.92 Å². The molecule has 0 radical (unpaired) electrons. The fourth-order valence-corrected chi connectivity index (χ4v) is 8.29. The van der Waals surface area contributed by atoms with Crippen molar-refractivity contribution in [2.24, 2.45) is 5.92 Å². The van der Waals surface area contributed by atoms with E-state index in [9.17, 15) is 50.9 Å². The number of likely N-dealkylation sites (tertiary alicyclic amines) is 2. The number of aromatic nitrogens is 1. The number of amides is 2. The fraction of sp³-hybridized carbons (Fsp3) is 0.500. The summed E-state index contributed by atoms with van der Waals surface area (Å²) in [4.78, 5) is 47.0. The molecule has 4 atom stereocenters. The smallest absolute Gasteiger partial charge is 0.418 e. The van der Waals surface area contributed by atoms with Gasteiger partial charge in [0.25, 0.3) is 11.8 Å². The van der Waals surface area contributed by atoms with Gasteiger partial charge < -0.3 is 29.5 Å². The van der Waals surface area contributed by atoms with Gasteiger partial charge in [0.1, 0.15) is 17.2 Å². The molecule has 0 spiro atoms. The zero-order valence-corrected chi connectivity index (χ0v) is 30.6. The van der Waals surface area contributed by atoms with Gasteiger partial charge in [-0.1, -0.05) is 31.5 Å². The first-order chi connectivity index (χ1) is 26.5. The minimum absolute atomic E-state index is 0.00812. The highest BCUT2D eigenvalue weighted by Gasteiger charge is 2.56. The lowest BCUT2D eigenvalue weighted by Crippen LogP contribution is -2.68. The molecule has 6 rings (SSSR count). The van der Waals surface area contributed by atoms with Crippen LogP contribution in [-0.4, -0.2) is 80.2 Å². The lowest BCUT2D eigenvalue weighted by atomic mass is 9.78. The Morgan fingerprint density at radius 2 is 1.59 bits per heavy atom. The molecule has 2 N–H and O–H groups in total. The Morgan fingerprint density at radius 3 is 2.21 bits per heavy atom. The number of carbonyl (C=O) groups is 3. The minimum Gasteiger partial charge on any atom is -0.490 e. The van der Waals surface area contributed by atoms with E-state index in [-0.39, 0.29) is 63.6 Å². The number of hydrogen-bond acceptors (Lipinski definition) is 7. The van der Waals surface area contributed by atoms with Crippen molar-refractivity contribution in [3.63, 3.8) is 0 Å². The van der Waals surface area contributed by atoms with Crippen LogP contribution in [0.25, 0.3) is 0 Å². The second kappa shape index (κ2) is 15.9. The number of alkyl halides is 6. The lowest BCUT2D eigenvalue weighted by Gasteiger charge is -2.51. The van der Waals surface area contributed by atoms with E-state index in [1.807, 2.05) is 0 Å². The number of carboxylic acids is 1. The molecule has 2 aliphatic heterocycles. The van der Waals surface area contributed by atoms with E-state index >= 15 is 0 Å². The largest absolute Gasteiger partial charge is 0.490 e. The highest BCUT2D eigenvalue weighted by molar-refractivity contribution is 5.96. The predicted molar refractivity (Wildman–Crippen MR) is 189 cm³/mol. The molecule has 16 heteroatoms. The number of halogens is 6. The predicted octanol–water partition coefficient (Wildman–Crippen LogP) is 7.48. The number of carboxylic acid groups (broad SMARTS) is 1. The van der Waals surface area contributed by atoms with Crippen molar-refractivity contribution in [1.82, 2.24) is 14.8 Å². The third kappa shape index (κ3) is 8.30. The number of aliphatic carboxylic acids is 1. The maximum Gasteiger partial charge on any atom is 0.418 e. The Bertz CT molecular complexity index is 1900. The second-order valence-corrected chi connectivity index (χ2v) is 14.7. The summed E-state index contributed by atoms with van der Waals surface area (Å²) in [5.74, 6) is -2.82. The summed E-state index contributed by atoms with van der Waals surface area (Å²) in [5.41, 5.74) is -5.99. The summed E-state index contributed by atoms with van der Waals surface area (Å²) in [7, 11) is 0. The Balaban J connectivity index is 1.31. The SMILES string of the molecule is CCCC1N(C(=O)c2ncccc2C(F)(F)F)CCC[C@@]1(Oc1ccc(C(F)(F)F)cc1)C(=O)N1CCC(O)(c2ccccc2O[C@H]2CC[C@H](C(=O)O)C2)CC1. The van der Waals surface area contributed by atoms with E-state index < -0.39 is 70.1 Å². The number of ether oxygens (including phenoxy) is 2. The average molecular weight is 792 g/mol. The van der Waals surface area contributed by atoms with Crippen LogP contribution in [0.5, 0.6) is 11.5 Å². The molecule has 3 heterocycles. The van der Waals surface area contributed by atoms with E-state index in [2.05, 4.69) is 4.98 Å². The first-order valence-corrected chi connectivity index (χ1v) is 18.7. The zero-order valence-electron chi connectivity index (χ0n) is 30.6. The quantitative estimate of drug-likeness (QED) is 0.202. The molecule has 10 nitrogen and oxygen atoms in total.